The second kappa shape index (κ2) is 11.6. The van der Waals surface area contributed by atoms with Crippen molar-refractivity contribution < 1.29 is 22.7 Å². The number of amides is 1. The standard InChI is InChI=1S/C20H23F3N4O2.HI/c1-3-13(2)26-18(28)15-6-4-14(5-7-15)12-25-19(24)27-16-8-10-17(11-9-16)29-20(21,22)23;/h4-11,13H,3,12H2,1-2H3,(H,26,28)(H3,24,25,27);1H. The monoisotopic (exact) mass is 536 g/mol. The number of hydrogen-bond donors (Lipinski definition) is 3. The van der Waals surface area contributed by atoms with Crippen molar-refractivity contribution in [1.82, 2.24) is 5.32 Å². The van der Waals surface area contributed by atoms with Gasteiger partial charge in [0.1, 0.15) is 5.75 Å². The van der Waals surface area contributed by atoms with Crippen LogP contribution in [0, 0.1) is 0 Å². The molecule has 6 nitrogen and oxygen atoms in total. The first kappa shape index (κ1) is 25.5. The van der Waals surface area contributed by atoms with Crippen molar-refractivity contribution in [3.05, 3.63) is 59.7 Å². The fourth-order valence-corrected chi connectivity index (χ4v) is 2.27. The molecule has 1 atom stereocenters. The fourth-order valence-electron chi connectivity index (χ4n) is 2.27. The highest BCUT2D eigenvalue weighted by atomic mass is 127. The van der Waals surface area contributed by atoms with Gasteiger partial charge in [0, 0.05) is 17.3 Å². The highest BCUT2D eigenvalue weighted by molar-refractivity contribution is 14.0. The summed E-state index contributed by atoms with van der Waals surface area (Å²) < 4.78 is 40.3. The lowest BCUT2D eigenvalue weighted by Crippen LogP contribution is -2.31. The number of hydrogen-bond acceptors (Lipinski definition) is 3. The largest absolute Gasteiger partial charge is 0.573 e. The van der Waals surface area contributed by atoms with Gasteiger partial charge in [-0.2, -0.15) is 0 Å². The van der Waals surface area contributed by atoms with E-state index in [-0.39, 0.29) is 54.2 Å². The lowest BCUT2D eigenvalue weighted by atomic mass is 10.1. The molecule has 0 aromatic heterocycles. The van der Waals surface area contributed by atoms with Crippen molar-refractivity contribution in [3.8, 4) is 5.75 Å². The van der Waals surface area contributed by atoms with Gasteiger partial charge < -0.3 is 21.1 Å². The molecule has 2 aromatic carbocycles. The van der Waals surface area contributed by atoms with Crippen LogP contribution in [0.5, 0.6) is 5.75 Å². The summed E-state index contributed by atoms with van der Waals surface area (Å²) in [6.07, 6.45) is -3.89. The third-order valence-electron chi connectivity index (χ3n) is 4.00. The normalized spacial score (nSPS) is 12.5. The Bertz CT molecular complexity index is 841. The Morgan fingerprint density at radius 2 is 1.73 bits per heavy atom. The molecule has 0 bridgehead atoms. The number of aliphatic imine (C=N–C) groups is 1. The predicted molar refractivity (Wildman–Crippen MR) is 121 cm³/mol. The van der Waals surface area contributed by atoms with Crippen LogP contribution in [-0.4, -0.2) is 24.3 Å². The van der Waals surface area contributed by atoms with Gasteiger partial charge in [0.15, 0.2) is 5.96 Å². The smallest absolute Gasteiger partial charge is 0.406 e. The summed E-state index contributed by atoms with van der Waals surface area (Å²) in [6.45, 7) is 4.21. The maximum Gasteiger partial charge on any atom is 0.573 e. The minimum atomic E-state index is -4.74. The molecule has 0 saturated carbocycles. The first-order valence-corrected chi connectivity index (χ1v) is 8.99. The van der Waals surface area contributed by atoms with Gasteiger partial charge in [-0.05, 0) is 55.3 Å². The Hall–Kier alpha value is -2.50. The molecule has 0 aliphatic rings. The Kier molecular flexibility index (Phi) is 9.90. The maximum absolute atomic E-state index is 12.2. The van der Waals surface area contributed by atoms with E-state index < -0.39 is 6.36 Å². The number of halogens is 4. The third-order valence-corrected chi connectivity index (χ3v) is 4.00. The number of nitrogens with zero attached hydrogens (tertiary/aromatic N) is 1. The minimum Gasteiger partial charge on any atom is -0.406 e. The first-order chi connectivity index (χ1) is 13.7. The zero-order valence-corrected chi connectivity index (χ0v) is 18.8. The number of carbonyl (C=O) groups excluding carboxylic acids is 1. The van der Waals surface area contributed by atoms with E-state index in [1.54, 1.807) is 24.3 Å². The van der Waals surface area contributed by atoms with Crippen LogP contribution >= 0.6 is 24.0 Å². The second-order valence-corrected chi connectivity index (χ2v) is 6.38. The number of benzene rings is 2. The first-order valence-electron chi connectivity index (χ1n) is 8.99. The van der Waals surface area contributed by atoms with E-state index in [1.165, 1.54) is 24.3 Å². The van der Waals surface area contributed by atoms with Crippen molar-refractivity contribution in [2.45, 2.75) is 39.2 Å². The molecule has 10 heteroatoms. The van der Waals surface area contributed by atoms with Crippen LogP contribution in [0.15, 0.2) is 53.5 Å². The van der Waals surface area contributed by atoms with Gasteiger partial charge in [0.05, 0.1) is 6.54 Å². The molecule has 4 N–H and O–H groups in total. The van der Waals surface area contributed by atoms with Gasteiger partial charge in [-0.3, -0.25) is 4.79 Å². The summed E-state index contributed by atoms with van der Waals surface area (Å²) in [6, 6.07) is 12.2. The molecule has 2 rings (SSSR count). The van der Waals surface area contributed by atoms with Crippen LogP contribution in [0.4, 0.5) is 18.9 Å². The Balaban J connectivity index is 0.00000450. The molecule has 0 aliphatic heterocycles. The average molecular weight is 536 g/mol. The number of guanidine groups is 1. The summed E-state index contributed by atoms with van der Waals surface area (Å²) in [5.41, 5.74) is 7.69. The molecular formula is C20H24F3IN4O2. The van der Waals surface area contributed by atoms with Crippen molar-refractivity contribution in [3.63, 3.8) is 0 Å². The van der Waals surface area contributed by atoms with Crippen LogP contribution in [0.2, 0.25) is 0 Å². The number of carbonyl (C=O) groups is 1. The molecule has 0 spiro atoms. The van der Waals surface area contributed by atoms with E-state index in [9.17, 15) is 18.0 Å². The van der Waals surface area contributed by atoms with Gasteiger partial charge in [-0.15, -0.1) is 37.1 Å². The zero-order valence-electron chi connectivity index (χ0n) is 16.5. The summed E-state index contributed by atoms with van der Waals surface area (Å²) in [5, 5.41) is 5.68. The van der Waals surface area contributed by atoms with E-state index in [0.717, 1.165) is 12.0 Å². The molecule has 30 heavy (non-hydrogen) atoms. The van der Waals surface area contributed by atoms with E-state index in [2.05, 4.69) is 20.4 Å². The molecule has 164 valence electrons. The van der Waals surface area contributed by atoms with Crippen LogP contribution in [-0.2, 0) is 6.54 Å². The Labute approximate surface area is 190 Å². The molecule has 0 fully saturated rings. The van der Waals surface area contributed by atoms with E-state index in [0.29, 0.717) is 11.3 Å². The maximum atomic E-state index is 12.2. The van der Waals surface area contributed by atoms with Crippen molar-refractivity contribution in [2.75, 3.05) is 5.32 Å². The number of alkyl halides is 3. The molecular weight excluding hydrogens is 512 g/mol. The molecule has 0 radical (unpaired) electrons. The number of anilines is 1. The highest BCUT2D eigenvalue weighted by Crippen LogP contribution is 2.23. The van der Waals surface area contributed by atoms with Gasteiger partial charge in [0.2, 0.25) is 0 Å². The summed E-state index contributed by atoms with van der Waals surface area (Å²) in [7, 11) is 0. The van der Waals surface area contributed by atoms with Gasteiger partial charge in [-0.25, -0.2) is 4.99 Å². The molecule has 0 aliphatic carbocycles. The third kappa shape index (κ3) is 8.89. The van der Waals surface area contributed by atoms with Crippen molar-refractivity contribution in [2.24, 2.45) is 10.7 Å². The van der Waals surface area contributed by atoms with E-state index in [4.69, 9.17) is 5.73 Å². The summed E-state index contributed by atoms with van der Waals surface area (Å²) in [5.74, 6) is -0.349. The van der Waals surface area contributed by atoms with Crippen molar-refractivity contribution in [1.29, 1.82) is 0 Å². The quantitative estimate of drug-likeness (QED) is 0.273. The van der Waals surface area contributed by atoms with Crippen molar-refractivity contribution >= 4 is 41.5 Å². The predicted octanol–water partition coefficient (Wildman–Crippen LogP) is 4.66. The highest BCUT2D eigenvalue weighted by Gasteiger charge is 2.30. The fraction of sp³-hybridized carbons (Fsp3) is 0.300. The Morgan fingerprint density at radius 3 is 2.27 bits per heavy atom. The van der Waals surface area contributed by atoms with Crippen LogP contribution in [0.25, 0.3) is 0 Å². The number of nitrogens with two attached hydrogens (primary N) is 1. The minimum absolute atomic E-state index is 0. The molecule has 0 heterocycles. The zero-order chi connectivity index (χ0) is 21.4. The van der Waals surface area contributed by atoms with Gasteiger partial charge in [-0.1, -0.05) is 19.1 Å². The Morgan fingerprint density at radius 1 is 1.13 bits per heavy atom. The molecule has 1 amide bonds. The number of nitrogens with one attached hydrogen (secondary N) is 2. The number of ether oxygens (including phenoxy) is 1. The van der Waals surface area contributed by atoms with E-state index >= 15 is 0 Å². The SMILES string of the molecule is CCC(C)NC(=O)c1ccc(CN=C(N)Nc2ccc(OC(F)(F)F)cc2)cc1.I. The average Bonchev–Trinajstić information content (AvgIpc) is 2.67. The lowest BCUT2D eigenvalue weighted by Gasteiger charge is -2.11. The van der Waals surface area contributed by atoms with Gasteiger partial charge in [0.25, 0.3) is 5.91 Å². The van der Waals surface area contributed by atoms with Crippen LogP contribution < -0.4 is 21.1 Å². The van der Waals surface area contributed by atoms with Crippen LogP contribution in [0.1, 0.15) is 36.2 Å². The second-order valence-electron chi connectivity index (χ2n) is 6.38. The van der Waals surface area contributed by atoms with E-state index in [1.807, 2.05) is 13.8 Å². The van der Waals surface area contributed by atoms with Crippen LogP contribution in [0.3, 0.4) is 0 Å². The molecule has 1 unspecified atom stereocenters. The lowest BCUT2D eigenvalue weighted by molar-refractivity contribution is -0.274. The number of rotatable bonds is 7. The summed E-state index contributed by atoms with van der Waals surface area (Å²) in [4.78, 5) is 16.2. The molecule has 2 aromatic rings. The molecule has 0 saturated heterocycles. The summed E-state index contributed by atoms with van der Waals surface area (Å²) >= 11 is 0. The topological polar surface area (TPSA) is 88.7 Å². The van der Waals surface area contributed by atoms with Gasteiger partial charge >= 0.3 is 6.36 Å².